The van der Waals surface area contributed by atoms with Crippen LogP contribution in [-0.4, -0.2) is 46.4 Å². The molecule has 1 aliphatic heterocycles. The van der Waals surface area contributed by atoms with E-state index in [1.807, 2.05) is 20.2 Å². The van der Waals surface area contributed by atoms with Gasteiger partial charge in [0.15, 0.2) is 0 Å². The zero-order chi connectivity index (χ0) is 14.5. The van der Waals surface area contributed by atoms with Gasteiger partial charge in [0.2, 0.25) is 5.91 Å². The normalized spacial score (nSPS) is 16.3. The molecule has 2 rings (SSSR count). The van der Waals surface area contributed by atoms with Gasteiger partial charge in [-0.3, -0.25) is 9.48 Å². The predicted octanol–water partition coefficient (Wildman–Crippen LogP) is 1.37. The molecule has 6 nitrogen and oxygen atoms in total. The van der Waals surface area contributed by atoms with Crippen molar-refractivity contribution in [2.75, 3.05) is 19.8 Å². The van der Waals surface area contributed by atoms with Crippen molar-refractivity contribution < 1.29 is 9.53 Å². The van der Waals surface area contributed by atoms with Gasteiger partial charge in [0, 0.05) is 45.1 Å². The van der Waals surface area contributed by atoms with Gasteiger partial charge in [-0.1, -0.05) is 0 Å². The van der Waals surface area contributed by atoms with Gasteiger partial charge >= 0.3 is 0 Å². The number of carbonyl (C=O) groups is 1. The molecule has 1 aromatic heterocycles. The van der Waals surface area contributed by atoms with E-state index in [1.165, 1.54) is 0 Å². The lowest BCUT2D eigenvalue weighted by Crippen LogP contribution is -2.48. The Morgan fingerprint density at radius 3 is 2.64 bits per heavy atom. The first-order chi connectivity index (χ1) is 9.61. The molecule has 0 aliphatic carbocycles. The van der Waals surface area contributed by atoms with Crippen LogP contribution in [0.15, 0.2) is 12.4 Å². The smallest absolute Gasteiger partial charge is 0.240 e. The summed E-state index contributed by atoms with van der Waals surface area (Å²) in [5, 5.41) is 4.13. The van der Waals surface area contributed by atoms with Crippen LogP contribution in [0.4, 0.5) is 0 Å². The molecule has 22 heavy (non-hydrogen) atoms. The maximum absolute atomic E-state index is 12.5. The van der Waals surface area contributed by atoms with E-state index >= 15 is 0 Å². The van der Waals surface area contributed by atoms with Crippen LogP contribution in [0.1, 0.15) is 25.3 Å². The second kappa shape index (κ2) is 10.0. The van der Waals surface area contributed by atoms with Crippen LogP contribution >= 0.6 is 24.8 Å². The van der Waals surface area contributed by atoms with Gasteiger partial charge in [-0.05, 0) is 25.7 Å². The topological polar surface area (TPSA) is 73.4 Å². The molecule has 2 heterocycles. The molecule has 0 spiro atoms. The highest BCUT2D eigenvalue weighted by Gasteiger charge is 2.29. The third-order valence-corrected chi connectivity index (χ3v) is 3.88. The molecule has 2 N–H and O–H groups in total. The van der Waals surface area contributed by atoms with Crippen molar-refractivity contribution in [1.82, 2.24) is 14.7 Å². The van der Waals surface area contributed by atoms with Gasteiger partial charge in [-0.2, -0.15) is 5.10 Å². The van der Waals surface area contributed by atoms with Gasteiger partial charge in [0.1, 0.15) is 0 Å². The maximum Gasteiger partial charge on any atom is 0.240 e. The van der Waals surface area contributed by atoms with E-state index in [4.69, 9.17) is 10.5 Å². The first-order valence-corrected chi connectivity index (χ1v) is 7.21. The summed E-state index contributed by atoms with van der Waals surface area (Å²) in [5.41, 5.74) is 7.19. The third kappa shape index (κ3) is 5.43. The number of amides is 1. The van der Waals surface area contributed by atoms with Gasteiger partial charge < -0.3 is 15.4 Å². The average Bonchev–Trinajstić information content (AvgIpc) is 2.89. The first kappa shape index (κ1) is 21.2. The number of rotatable bonds is 5. The Morgan fingerprint density at radius 1 is 1.50 bits per heavy atom. The fourth-order valence-electron chi connectivity index (χ4n) is 2.61. The fourth-order valence-corrected chi connectivity index (χ4v) is 2.61. The van der Waals surface area contributed by atoms with Crippen molar-refractivity contribution in [3.63, 3.8) is 0 Å². The number of ether oxygens (including phenoxy) is 1. The van der Waals surface area contributed by atoms with Crippen molar-refractivity contribution in [3.05, 3.63) is 18.0 Å². The minimum absolute atomic E-state index is 0. The number of likely N-dealkylation sites (N-methyl/N-ethyl adjacent to an activating group) is 1. The molecule has 1 amide bonds. The molecular weight excluding hydrogens is 327 g/mol. The van der Waals surface area contributed by atoms with Gasteiger partial charge in [-0.15, -0.1) is 24.8 Å². The highest BCUT2D eigenvalue weighted by atomic mass is 35.5. The Morgan fingerprint density at radius 2 is 2.14 bits per heavy atom. The van der Waals surface area contributed by atoms with E-state index in [2.05, 4.69) is 5.10 Å². The quantitative estimate of drug-likeness (QED) is 0.868. The van der Waals surface area contributed by atoms with Crippen LogP contribution < -0.4 is 5.73 Å². The van der Waals surface area contributed by atoms with Gasteiger partial charge in [0.25, 0.3) is 0 Å². The molecule has 0 bridgehead atoms. The van der Waals surface area contributed by atoms with Crippen molar-refractivity contribution in [2.45, 2.75) is 32.4 Å². The van der Waals surface area contributed by atoms with E-state index in [-0.39, 0.29) is 36.6 Å². The summed E-state index contributed by atoms with van der Waals surface area (Å²) < 4.78 is 7.07. The standard InChI is InChI=1S/C14H24N4O2.2ClH/c1-3-18(10-11-8-16-17(2)9-11)14(19)13(15)12-4-6-20-7-5-12;;/h8-9,12-13H,3-7,10,15H2,1-2H3;2*1H. The highest BCUT2D eigenvalue weighted by molar-refractivity contribution is 5.85. The minimum atomic E-state index is -0.421. The lowest BCUT2D eigenvalue weighted by Gasteiger charge is -2.31. The zero-order valence-electron chi connectivity index (χ0n) is 13.1. The summed E-state index contributed by atoms with van der Waals surface area (Å²) >= 11 is 0. The van der Waals surface area contributed by atoms with Gasteiger partial charge in [0.05, 0.1) is 12.2 Å². The summed E-state index contributed by atoms with van der Waals surface area (Å²) in [4.78, 5) is 14.3. The summed E-state index contributed by atoms with van der Waals surface area (Å²) in [6, 6.07) is -0.421. The van der Waals surface area contributed by atoms with Crippen LogP contribution in [0.5, 0.6) is 0 Å². The number of nitrogens with two attached hydrogens (primary N) is 1. The van der Waals surface area contributed by atoms with Gasteiger partial charge in [-0.25, -0.2) is 0 Å². The molecule has 0 aromatic carbocycles. The Hall–Kier alpha value is -0.820. The maximum atomic E-state index is 12.5. The molecule has 1 fully saturated rings. The molecule has 128 valence electrons. The van der Waals surface area contributed by atoms with Crippen LogP contribution in [0.25, 0.3) is 0 Å². The molecule has 0 saturated carbocycles. The number of nitrogens with zero attached hydrogens (tertiary/aromatic N) is 3. The lowest BCUT2D eigenvalue weighted by molar-refractivity contribution is -0.135. The highest BCUT2D eigenvalue weighted by Crippen LogP contribution is 2.19. The molecular formula is C14H26Cl2N4O2. The minimum Gasteiger partial charge on any atom is -0.381 e. The summed E-state index contributed by atoms with van der Waals surface area (Å²) in [7, 11) is 1.87. The number of aromatic nitrogens is 2. The number of aryl methyl sites for hydroxylation is 1. The summed E-state index contributed by atoms with van der Waals surface area (Å²) in [6.07, 6.45) is 5.46. The van der Waals surface area contributed by atoms with E-state index < -0.39 is 6.04 Å². The second-order valence-corrected chi connectivity index (χ2v) is 5.35. The zero-order valence-corrected chi connectivity index (χ0v) is 14.7. The Balaban J connectivity index is 0.00000220. The molecule has 1 unspecified atom stereocenters. The molecule has 1 aromatic rings. The van der Waals surface area contributed by atoms with Crippen LogP contribution in [-0.2, 0) is 23.1 Å². The number of hydrogen-bond donors (Lipinski definition) is 1. The molecule has 1 atom stereocenters. The number of hydrogen-bond acceptors (Lipinski definition) is 4. The van der Waals surface area contributed by atoms with E-state index in [9.17, 15) is 4.79 Å². The average molecular weight is 353 g/mol. The first-order valence-electron chi connectivity index (χ1n) is 7.21. The number of carbonyl (C=O) groups excluding carboxylic acids is 1. The SMILES string of the molecule is CCN(Cc1cnn(C)c1)C(=O)C(N)C1CCOCC1.Cl.Cl. The molecule has 0 radical (unpaired) electrons. The molecule has 1 aliphatic rings. The van der Waals surface area contributed by atoms with Crippen molar-refractivity contribution >= 4 is 30.7 Å². The predicted molar refractivity (Wildman–Crippen MR) is 90.3 cm³/mol. The second-order valence-electron chi connectivity index (χ2n) is 5.35. The molecule has 8 heteroatoms. The molecule has 1 saturated heterocycles. The van der Waals surface area contributed by atoms with Crippen LogP contribution in [0.2, 0.25) is 0 Å². The largest absolute Gasteiger partial charge is 0.381 e. The van der Waals surface area contributed by atoms with Crippen molar-refractivity contribution in [1.29, 1.82) is 0 Å². The Bertz CT molecular complexity index is 450. The van der Waals surface area contributed by atoms with E-state index in [1.54, 1.807) is 15.8 Å². The van der Waals surface area contributed by atoms with E-state index in [0.717, 1.165) is 18.4 Å². The fraction of sp³-hybridized carbons (Fsp3) is 0.714. The van der Waals surface area contributed by atoms with Crippen LogP contribution in [0, 0.1) is 5.92 Å². The summed E-state index contributed by atoms with van der Waals surface area (Å²) in [5.74, 6) is 0.266. The van der Waals surface area contributed by atoms with Crippen molar-refractivity contribution in [2.24, 2.45) is 18.7 Å². The van der Waals surface area contributed by atoms with Crippen LogP contribution in [0.3, 0.4) is 0 Å². The lowest BCUT2D eigenvalue weighted by atomic mass is 9.91. The van der Waals surface area contributed by atoms with Crippen molar-refractivity contribution in [3.8, 4) is 0 Å². The monoisotopic (exact) mass is 352 g/mol. The summed E-state index contributed by atoms with van der Waals surface area (Å²) in [6.45, 7) is 4.62. The number of halogens is 2. The Labute approximate surface area is 144 Å². The third-order valence-electron chi connectivity index (χ3n) is 3.88. The Kier molecular flexibility index (Phi) is 9.67. The van der Waals surface area contributed by atoms with E-state index in [0.29, 0.717) is 26.3 Å².